The second-order valence-corrected chi connectivity index (χ2v) is 7.05. The lowest BCUT2D eigenvalue weighted by Crippen LogP contribution is -2.12. The quantitative estimate of drug-likeness (QED) is 0.355. The summed E-state index contributed by atoms with van der Waals surface area (Å²) in [4.78, 5) is 24.4. The zero-order chi connectivity index (χ0) is 22.7. The van der Waals surface area contributed by atoms with Crippen LogP contribution in [0.2, 0.25) is 0 Å². The number of esters is 1. The normalized spacial score (nSPS) is 10.3. The average Bonchev–Trinajstić information content (AvgIpc) is 3.13. The van der Waals surface area contributed by atoms with Gasteiger partial charge in [-0.3, -0.25) is 4.79 Å². The molecule has 1 amide bonds. The van der Waals surface area contributed by atoms with Crippen molar-refractivity contribution in [2.45, 2.75) is 6.92 Å². The van der Waals surface area contributed by atoms with Crippen molar-refractivity contribution in [2.75, 3.05) is 12.4 Å². The van der Waals surface area contributed by atoms with Crippen LogP contribution in [0.15, 0.2) is 71.1 Å². The number of furan rings is 1. The van der Waals surface area contributed by atoms with Crippen molar-refractivity contribution in [3.05, 3.63) is 101 Å². The Bertz CT molecular complexity index is 1410. The standard InChI is InChI=1S/C26H18FNO4/c1-16-22-15-20(27)11-12-23(22)32-24(16)25(29)28-21-8-4-6-18(14-21)10-9-17-5-3-7-19(13-17)26(30)31-2/h3-8,11-15H,1-2H3,(H,28,29). The predicted octanol–water partition coefficient (Wildman–Crippen LogP) is 5.32. The molecule has 0 spiro atoms. The summed E-state index contributed by atoms with van der Waals surface area (Å²) >= 11 is 0. The maximum Gasteiger partial charge on any atom is 0.337 e. The Balaban J connectivity index is 1.55. The first-order valence-electron chi connectivity index (χ1n) is 9.75. The minimum absolute atomic E-state index is 0.127. The Morgan fingerprint density at radius 3 is 2.44 bits per heavy atom. The van der Waals surface area contributed by atoms with E-state index in [9.17, 15) is 14.0 Å². The number of anilines is 1. The molecule has 0 fully saturated rings. The fourth-order valence-electron chi connectivity index (χ4n) is 3.26. The molecule has 158 valence electrons. The highest BCUT2D eigenvalue weighted by atomic mass is 19.1. The third kappa shape index (κ3) is 4.37. The monoisotopic (exact) mass is 427 g/mol. The molecule has 0 saturated carbocycles. The second kappa shape index (κ2) is 8.78. The van der Waals surface area contributed by atoms with E-state index >= 15 is 0 Å². The van der Waals surface area contributed by atoms with E-state index in [2.05, 4.69) is 17.2 Å². The molecule has 32 heavy (non-hydrogen) atoms. The number of ether oxygens (including phenoxy) is 1. The molecule has 0 aliphatic rings. The van der Waals surface area contributed by atoms with E-state index in [-0.39, 0.29) is 5.76 Å². The van der Waals surface area contributed by atoms with Gasteiger partial charge in [-0.05, 0) is 61.5 Å². The molecule has 0 bridgehead atoms. The number of hydrogen-bond donors (Lipinski definition) is 1. The number of methoxy groups -OCH3 is 1. The van der Waals surface area contributed by atoms with Crippen LogP contribution in [0.1, 0.15) is 37.6 Å². The van der Waals surface area contributed by atoms with Crippen LogP contribution in [0.3, 0.4) is 0 Å². The molecule has 4 aromatic rings. The Morgan fingerprint density at radius 2 is 1.69 bits per heavy atom. The molecule has 1 aromatic heterocycles. The van der Waals surface area contributed by atoms with Crippen molar-refractivity contribution >= 4 is 28.5 Å². The number of fused-ring (bicyclic) bond motifs is 1. The zero-order valence-corrected chi connectivity index (χ0v) is 17.4. The molecule has 6 heteroatoms. The van der Waals surface area contributed by atoms with Gasteiger partial charge in [0.25, 0.3) is 5.91 Å². The van der Waals surface area contributed by atoms with E-state index in [0.717, 1.165) is 0 Å². The molecule has 0 saturated heterocycles. The van der Waals surface area contributed by atoms with Crippen LogP contribution in [0.25, 0.3) is 11.0 Å². The lowest BCUT2D eigenvalue weighted by molar-refractivity contribution is 0.0600. The molecule has 0 aliphatic carbocycles. The first-order valence-corrected chi connectivity index (χ1v) is 9.75. The number of carbonyl (C=O) groups excluding carboxylic acids is 2. The number of amides is 1. The Hall–Kier alpha value is -4.37. The van der Waals surface area contributed by atoms with Gasteiger partial charge in [-0.1, -0.05) is 24.0 Å². The fraction of sp³-hybridized carbons (Fsp3) is 0.0769. The van der Waals surface area contributed by atoms with Crippen LogP contribution in [0.4, 0.5) is 10.1 Å². The maximum absolute atomic E-state index is 13.5. The van der Waals surface area contributed by atoms with Crippen LogP contribution in [0, 0.1) is 24.6 Å². The molecule has 1 N–H and O–H groups in total. The predicted molar refractivity (Wildman–Crippen MR) is 119 cm³/mol. The van der Waals surface area contributed by atoms with E-state index in [1.54, 1.807) is 49.4 Å². The van der Waals surface area contributed by atoms with Crippen LogP contribution in [-0.4, -0.2) is 19.0 Å². The number of nitrogens with one attached hydrogen (secondary N) is 1. The van der Waals surface area contributed by atoms with Gasteiger partial charge < -0.3 is 14.5 Å². The molecular formula is C26H18FNO4. The molecule has 0 radical (unpaired) electrons. The van der Waals surface area contributed by atoms with E-state index in [4.69, 9.17) is 9.15 Å². The summed E-state index contributed by atoms with van der Waals surface area (Å²) in [5.74, 6) is 4.89. The van der Waals surface area contributed by atoms with Gasteiger partial charge in [-0.2, -0.15) is 0 Å². The SMILES string of the molecule is COC(=O)c1cccc(C#Cc2cccc(NC(=O)c3oc4ccc(F)cc4c3C)c2)c1. The molecule has 0 aliphatic heterocycles. The third-order valence-corrected chi connectivity index (χ3v) is 4.86. The van der Waals surface area contributed by atoms with Crippen LogP contribution < -0.4 is 5.32 Å². The summed E-state index contributed by atoms with van der Waals surface area (Å²) in [6, 6.07) is 18.0. The molecule has 4 rings (SSSR count). The van der Waals surface area contributed by atoms with Crippen molar-refractivity contribution < 1.29 is 23.1 Å². The molecule has 1 heterocycles. The lowest BCUT2D eigenvalue weighted by atomic mass is 10.1. The largest absolute Gasteiger partial charge is 0.465 e. The van der Waals surface area contributed by atoms with E-state index in [0.29, 0.717) is 38.9 Å². The van der Waals surface area contributed by atoms with Crippen LogP contribution >= 0.6 is 0 Å². The van der Waals surface area contributed by atoms with Gasteiger partial charge in [0.2, 0.25) is 0 Å². The van der Waals surface area contributed by atoms with Crippen LogP contribution in [-0.2, 0) is 4.74 Å². The number of rotatable bonds is 3. The lowest BCUT2D eigenvalue weighted by Gasteiger charge is -2.04. The third-order valence-electron chi connectivity index (χ3n) is 4.86. The summed E-state index contributed by atoms with van der Waals surface area (Å²) in [7, 11) is 1.33. The Labute approximate surface area is 183 Å². The van der Waals surface area contributed by atoms with Crippen molar-refractivity contribution in [2.24, 2.45) is 0 Å². The fourth-order valence-corrected chi connectivity index (χ4v) is 3.26. The molecule has 0 atom stereocenters. The number of benzene rings is 3. The minimum Gasteiger partial charge on any atom is -0.465 e. The second-order valence-electron chi connectivity index (χ2n) is 7.05. The van der Waals surface area contributed by atoms with Gasteiger partial charge in [0, 0.05) is 27.8 Å². The highest BCUT2D eigenvalue weighted by Crippen LogP contribution is 2.26. The van der Waals surface area contributed by atoms with Crippen LogP contribution in [0.5, 0.6) is 0 Å². The highest BCUT2D eigenvalue weighted by molar-refractivity contribution is 6.06. The topological polar surface area (TPSA) is 68.5 Å². The summed E-state index contributed by atoms with van der Waals surface area (Å²) in [6.07, 6.45) is 0. The van der Waals surface area contributed by atoms with Gasteiger partial charge in [-0.25, -0.2) is 9.18 Å². The molecule has 3 aromatic carbocycles. The van der Waals surface area contributed by atoms with Gasteiger partial charge >= 0.3 is 5.97 Å². The van der Waals surface area contributed by atoms with Crippen molar-refractivity contribution in [1.82, 2.24) is 0 Å². The van der Waals surface area contributed by atoms with E-state index in [1.807, 2.05) is 6.07 Å². The number of hydrogen-bond acceptors (Lipinski definition) is 4. The van der Waals surface area contributed by atoms with Gasteiger partial charge in [0.05, 0.1) is 12.7 Å². The van der Waals surface area contributed by atoms with Crippen molar-refractivity contribution in [1.29, 1.82) is 0 Å². The molecule has 0 unspecified atom stereocenters. The smallest absolute Gasteiger partial charge is 0.337 e. The summed E-state index contributed by atoms with van der Waals surface area (Å²) < 4.78 is 23.9. The number of halogens is 1. The zero-order valence-electron chi connectivity index (χ0n) is 17.4. The molecular weight excluding hydrogens is 409 g/mol. The summed E-state index contributed by atoms with van der Waals surface area (Å²) in [6.45, 7) is 1.71. The van der Waals surface area contributed by atoms with Gasteiger partial charge in [0.15, 0.2) is 5.76 Å². The maximum atomic E-state index is 13.5. The van der Waals surface area contributed by atoms with E-state index in [1.165, 1.54) is 25.3 Å². The first kappa shape index (κ1) is 20.9. The minimum atomic E-state index is -0.435. The van der Waals surface area contributed by atoms with Crippen molar-refractivity contribution in [3.8, 4) is 11.8 Å². The number of aryl methyl sites for hydroxylation is 1. The Morgan fingerprint density at radius 1 is 0.969 bits per heavy atom. The number of carbonyl (C=O) groups is 2. The van der Waals surface area contributed by atoms with Crippen molar-refractivity contribution in [3.63, 3.8) is 0 Å². The summed E-state index contributed by atoms with van der Waals surface area (Å²) in [5.41, 5.74) is 3.31. The average molecular weight is 427 g/mol. The van der Waals surface area contributed by atoms with E-state index < -0.39 is 17.7 Å². The van der Waals surface area contributed by atoms with Gasteiger partial charge in [0.1, 0.15) is 11.4 Å². The van der Waals surface area contributed by atoms with Gasteiger partial charge in [-0.15, -0.1) is 0 Å². The highest BCUT2D eigenvalue weighted by Gasteiger charge is 2.18. The summed E-state index contributed by atoms with van der Waals surface area (Å²) in [5, 5.41) is 3.35. The first-order chi connectivity index (χ1) is 15.4. The Kier molecular flexibility index (Phi) is 5.73. The molecule has 5 nitrogen and oxygen atoms in total.